The Morgan fingerprint density at radius 2 is 0.923 bits per heavy atom. The molecule has 4 aromatic carbocycles. The molecule has 0 saturated heterocycles. The summed E-state index contributed by atoms with van der Waals surface area (Å²) < 4.78 is -1.32. The number of allylic oxidation sites excluding steroid dienone is 4. The summed E-state index contributed by atoms with van der Waals surface area (Å²) in [6.07, 6.45) is 1.78. The Labute approximate surface area is 245 Å². The number of rotatable bonds is 6. The van der Waals surface area contributed by atoms with Gasteiger partial charge in [-0.15, -0.1) is 23.2 Å². The smallest absolute Gasteiger partial charge is 0.114 e. The van der Waals surface area contributed by atoms with Gasteiger partial charge in [-0.3, -0.25) is 0 Å². The minimum Gasteiger partial charge on any atom is -0.114 e. The molecule has 0 nitrogen and oxygen atoms in total. The van der Waals surface area contributed by atoms with E-state index in [-0.39, 0.29) is 9.52 Å². The lowest BCUT2D eigenvalue weighted by molar-refractivity contribution is 0.860. The Bertz CT molecular complexity index is 1510. The van der Waals surface area contributed by atoms with Crippen molar-refractivity contribution in [1.29, 1.82) is 0 Å². The molecule has 2 atom stereocenters. The van der Waals surface area contributed by atoms with Crippen LogP contribution in [0, 0.1) is 0 Å². The minimum atomic E-state index is -0.661. The first-order valence-electron chi connectivity index (χ1n) is 13.8. The summed E-state index contributed by atoms with van der Waals surface area (Å²) in [7, 11) is 0.249. The van der Waals surface area contributed by atoms with Crippen molar-refractivity contribution in [3.63, 3.8) is 0 Å². The van der Waals surface area contributed by atoms with E-state index in [1.807, 2.05) is 0 Å². The number of halogens is 2. The molecule has 6 rings (SSSR count). The molecule has 2 unspecified atom stereocenters. The zero-order valence-corrected chi connectivity index (χ0v) is 25.4. The van der Waals surface area contributed by atoms with Crippen molar-refractivity contribution < 1.29 is 0 Å². The fourth-order valence-corrected chi connectivity index (χ4v) is 10.9. The van der Waals surface area contributed by atoms with E-state index in [2.05, 4.69) is 125 Å². The molecule has 0 fully saturated rings. The third-order valence-electron chi connectivity index (χ3n) is 8.58. The van der Waals surface area contributed by atoms with Gasteiger partial charge in [0.1, 0.15) is 9.52 Å². The van der Waals surface area contributed by atoms with Crippen molar-refractivity contribution in [3.8, 4) is 22.3 Å². The number of alkyl halides is 2. The monoisotopic (exact) mass is 562 g/mol. The molecule has 0 aliphatic heterocycles. The predicted octanol–water partition coefficient (Wildman–Crippen LogP) is 10.6. The standard InChI is InChI=1S/C36H32Cl2Si/c1-5-29-23(3)33-27(25-15-9-7-10-16-25)19-13-21-31(33)35(29,37)39-36(38)30(6-2)24(4)34-28(20-14-22-32(34)36)26-17-11-8-12-18-26/h7-22H,5-6H2,1-4H3. The second-order valence-corrected chi connectivity index (χ2v) is 14.1. The molecule has 0 spiro atoms. The average molecular weight is 564 g/mol. The van der Waals surface area contributed by atoms with Crippen LogP contribution in [-0.4, -0.2) is 9.52 Å². The van der Waals surface area contributed by atoms with Gasteiger partial charge in [0.05, 0.1) is 8.99 Å². The summed E-state index contributed by atoms with van der Waals surface area (Å²) in [6.45, 7) is 8.95. The first-order chi connectivity index (χ1) is 18.8. The lowest BCUT2D eigenvalue weighted by Crippen LogP contribution is -2.41. The summed E-state index contributed by atoms with van der Waals surface area (Å²) >= 11 is 15.9. The maximum absolute atomic E-state index is 7.93. The van der Waals surface area contributed by atoms with Crippen LogP contribution in [0.5, 0.6) is 0 Å². The molecule has 0 heterocycles. The van der Waals surface area contributed by atoms with E-state index < -0.39 is 8.99 Å². The quantitative estimate of drug-likeness (QED) is 0.162. The van der Waals surface area contributed by atoms with E-state index in [0.717, 1.165) is 12.8 Å². The van der Waals surface area contributed by atoms with Gasteiger partial charge in [0.25, 0.3) is 0 Å². The summed E-state index contributed by atoms with van der Waals surface area (Å²) in [5.41, 5.74) is 15.0. The Kier molecular flexibility index (Phi) is 6.74. The molecule has 4 aromatic rings. The molecule has 0 amide bonds. The number of benzene rings is 4. The van der Waals surface area contributed by atoms with Crippen LogP contribution in [0.15, 0.2) is 108 Å². The van der Waals surface area contributed by atoms with E-state index in [1.165, 1.54) is 66.8 Å². The molecular weight excluding hydrogens is 531 g/mol. The van der Waals surface area contributed by atoms with E-state index >= 15 is 0 Å². The molecule has 3 heteroatoms. The third-order valence-corrected chi connectivity index (χ3v) is 11.8. The van der Waals surface area contributed by atoms with E-state index in [0.29, 0.717) is 0 Å². The molecular formula is C36H32Cl2Si. The van der Waals surface area contributed by atoms with Crippen LogP contribution in [0.4, 0.5) is 0 Å². The highest BCUT2D eigenvalue weighted by atomic mass is 35.5. The third kappa shape index (κ3) is 3.93. The fraction of sp³-hybridized carbons (Fsp3) is 0.222. The molecule has 0 bridgehead atoms. The Balaban J connectivity index is 1.54. The lowest BCUT2D eigenvalue weighted by atomic mass is 9.94. The van der Waals surface area contributed by atoms with Crippen LogP contribution >= 0.6 is 23.2 Å². The van der Waals surface area contributed by atoms with Gasteiger partial charge in [-0.05, 0) is 93.5 Å². The van der Waals surface area contributed by atoms with Crippen molar-refractivity contribution in [2.75, 3.05) is 0 Å². The fourth-order valence-electron chi connectivity index (χ4n) is 6.89. The Morgan fingerprint density at radius 3 is 1.28 bits per heavy atom. The van der Waals surface area contributed by atoms with Gasteiger partial charge >= 0.3 is 0 Å². The number of fused-ring (bicyclic) bond motifs is 2. The van der Waals surface area contributed by atoms with Crippen LogP contribution in [0.2, 0.25) is 0 Å². The molecule has 194 valence electrons. The van der Waals surface area contributed by atoms with Gasteiger partial charge in [0.2, 0.25) is 0 Å². The SMILES string of the molecule is CCC1=C(C)c2c(-c3ccccc3)cccc2C1(Cl)[Si]C1(Cl)C(CC)=C(C)c2c(-c3ccccc3)cccc21. The predicted molar refractivity (Wildman–Crippen MR) is 170 cm³/mol. The van der Waals surface area contributed by atoms with E-state index in [4.69, 9.17) is 23.2 Å². The zero-order chi connectivity index (χ0) is 27.4. The van der Waals surface area contributed by atoms with E-state index in [1.54, 1.807) is 0 Å². The molecule has 2 radical (unpaired) electrons. The van der Waals surface area contributed by atoms with Gasteiger partial charge in [-0.2, -0.15) is 0 Å². The normalized spacial score (nSPS) is 21.9. The minimum absolute atomic E-state index is 0.249. The number of hydrogen-bond donors (Lipinski definition) is 0. The molecule has 0 aromatic heterocycles. The summed E-state index contributed by atoms with van der Waals surface area (Å²) in [6, 6.07) is 34.5. The van der Waals surface area contributed by atoms with Crippen molar-refractivity contribution in [3.05, 3.63) is 130 Å². The van der Waals surface area contributed by atoms with Crippen molar-refractivity contribution in [2.24, 2.45) is 0 Å². The van der Waals surface area contributed by atoms with Crippen LogP contribution in [-0.2, 0) is 8.99 Å². The molecule has 0 N–H and O–H groups in total. The first kappa shape index (κ1) is 26.4. The van der Waals surface area contributed by atoms with Crippen LogP contribution < -0.4 is 0 Å². The Morgan fingerprint density at radius 1 is 0.538 bits per heavy atom. The molecule has 2 aliphatic carbocycles. The second kappa shape index (κ2) is 9.97. The van der Waals surface area contributed by atoms with Gasteiger partial charge in [-0.1, -0.05) is 111 Å². The maximum Gasteiger partial charge on any atom is 0.118 e. The summed E-state index contributed by atoms with van der Waals surface area (Å²) in [5.74, 6) is 0. The van der Waals surface area contributed by atoms with Gasteiger partial charge in [-0.25, -0.2) is 0 Å². The van der Waals surface area contributed by atoms with E-state index in [9.17, 15) is 0 Å². The van der Waals surface area contributed by atoms with Gasteiger partial charge in [0, 0.05) is 0 Å². The van der Waals surface area contributed by atoms with Gasteiger partial charge < -0.3 is 0 Å². The Hall–Kier alpha value is -2.84. The molecule has 2 aliphatic rings. The van der Waals surface area contributed by atoms with Crippen LogP contribution in [0.1, 0.15) is 62.8 Å². The first-order valence-corrected chi connectivity index (χ1v) is 15.6. The summed E-state index contributed by atoms with van der Waals surface area (Å²) in [4.78, 5) is 0. The van der Waals surface area contributed by atoms with Crippen molar-refractivity contribution in [1.82, 2.24) is 0 Å². The highest BCUT2D eigenvalue weighted by molar-refractivity contribution is 6.70. The zero-order valence-electron chi connectivity index (χ0n) is 22.9. The summed E-state index contributed by atoms with van der Waals surface area (Å²) in [5, 5.41) is 0. The average Bonchev–Trinajstić information content (AvgIpc) is 3.31. The highest BCUT2D eigenvalue weighted by Gasteiger charge is 2.53. The molecule has 39 heavy (non-hydrogen) atoms. The molecule has 0 saturated carbocycles. The highest BCUT2D eigenvalue weighted by Crippen LogP contribution is 2.59. The maximum atomic E-state index is 7.93. The van der Waals surface area contributed by atoms with Crippen molar-refractivity contribution >= 4 is 43.9 Å². The second-order valence-electron chi connectivity index (χ2n) is 10.5. The van der Waals surface area contributed by atoms with Gasteiger partial charge in [0.15, 0.2) is 0 Å². The topological polar surface area (TPSA) is 0 Å². The lowest BCUT2D eigenvalue weighted by Gasteiger charge is -2.36. The number of hydrogen-bond acceptors (Lipinski definition) is 0. The largest absolute Gasteiger partial charge is 0.118 e. The van der Waals surface area contributed by atoms with Crippen LogP contribution in [0.3, 0.4) is 0 Å². The van der Waals surface area contributed by atoms with Crippen molar-refractivity contribution in [2.45, 2.75) is 49.5 Å². The van der Waals surface area contributed by atoms with Crippen LogP contribution in [0.25, 0.3) is 33.4 Å².